The SMILES string of the molecule is COc1ccc(C(NC(=O)C(CC(=O)NC(c2ccccc2)(c2ccccc2)c2ccc(C)cc2)NC(=O)c2cccc(Cl)c2)C(=O)NC(C(C)C)C(O)C(F)(F)F)cc1. The fourth-order valence-corrected chi connectivity index (χ4v) is 7.01. The fourth-order valence-electron chi connectivity index (χ4n) is 6.82. The first-order valence-corrected chi connectivity index (χ1v) is 19.5. The van der Waals surface area contributed by atoms with Crippen molar-refractivity contribution in [1.29, 1.82) is 0 Å². The number of halogens is 4. The summed E-state index contributed by atoms with van der Waals surface area (Å²) < 4.78 is 46.4. The molecule has 4 amide bonds. The number of alkyl halides is 3. The molecule has 0 bridgehead atoms. The Morgan fingerprint density at radius 3 is 1.80 bits per heavy atom. The van der Waals surface area contributed by atoms with Crippen LogP contribution in [0.15, 0.2) is 133 Å². The molecule has 0 aliphatic heterocycles. The van der Waals surface area contributed by atoms with Crippen LogP contribution in [0.25, 0.3) is 0 Å². The Morgan fingerprint density at radius 1 is 0.717 bits per heavy atom. The van der Waals surface area contributed by atoms with Gasteiger partial charge in [0.2, 0.25) is 17.7 Å². The van der Waals surface area contributed by atoms with Gasteiger partial charge in [0, 0.05) is 10.6 Å². The van der Waals surface area contributed by atoms with Gasteiger partial charge >= 0.3 is 6.18 Å². The average molecular weight is 843 g/mol. The highest BCUT2D eigenvalue weighted by Gasteiger charge is 2.46. The predicted molar refractivity (Wildman–Crippen MR) is 222 cm³/mol. The number of ether oxygens (including phenoxy) is 1. The van der Waals surface area contributed by atoms with Gasteiger partial charge < -0.3 is 31.1 Å². The molecule has 0 fully saturated rings. The molecule has 314 valence electrons. The lowest BCUT2D eigenvalue weighted by atomic mass is 9.76. The fraction of sp³-hybridized carbons (Fsp3) is 0.261. The van der Waals surface area contributed by atoms with Gasteiger partial charge in [0.05, 0.1) is 19.6 Å². The van der Waals surface area contributed by atoms with Crippen molar-refractivity contribution in [3.8, 4) is 5.75 Å². The summed E-state index contributed by atoms with van der Waals surface area (Å²) in [5.74, 6) is -4.09. The highest BCUT2D eigenvalue weighted by Crippen LogP contribution is 2.37. The van der Waals surface area contributed by atoms with Crippen LogP contribution in [-0.4, -0.2) is 60.2 Å². The van der Waals surface area contributed by atoms with Crippen molar-refractivity contribution in [1.82, 2.24) is 21.3 Å². The molecule has 0 spiro atoms. The molecule has 0 radical (unpaired) electrons. The Kier molecular flexibility index (Phi) is 14.8. The van der Waals surface area contributed by atoms with E-state index in [1.54, 1.807) is 6.07 Å². The quantitative estimate of drug-likeness (QED) is 0.0667. The van der Waals surface area contributed by atoms with Crippen molar-refractivity contribution in [2.45, 2.75) is 63.1 Å². The summed E-state index contributed by atoms with van der Waals surface area (Å²) in [6.07, 6.45) is -8.66. The molecule has 0 aliphatic rings. The van der Waals surface area contributed by atoms with Crippen molar-refractivity contribution in [3.05, 3.63) is 172 Å². The summed E-state index contributed by atoms with van der Waals surface area (Å²) >= 11 is 6.17. The van der Waals surface area contributed by atoms with Gasteiger partial charge in [-0.05, 0) is 65.4 Å². The van der Waals surface area contributed by atoms with Gasteiger partial charge in [-0.1, -0.05) is 134 Å². The minimum Gasteiger partial charge on any atom is -0.497 e. The van der Waals surface area contributed by atoms with E-state index >= 15 is 0 Å². The molecule has 0 saturated heterocycles. The van der Waals surface area contributed by atoms with E-state index in [1.165, 1.54) is 63.4 Å². The Bertz CT molecular complexity index is 2200. The number of carbonyl (C=O) groups is 4. The van der Waals surface area contributed by atoms with Crippen LogP contribution < -0.4 is 26.0 Å². The lowest BCUT2D eigenvalue weighted by Gasteiger charge is -2.37. The summed E-state index contributed by atoms with van der Waals surface area (Å²) in [5.41, 5.74) is 1.93. The van der Waals surface area contributed by atoms with Crippen molar-refractivity contribution in [2.75, 3.05) is 7.11 Å². The minimum absolute atomic E-state index is 0.0636. The number of methoxy groups -OCH3 is 1. The molecule has 5 aromatic rings. The monoisotopic (exact) mass is 842 g/mol. The first-order valence-electron chi connectivity index (χ1n) is 19.1. The number of aliphatic hydroxyl groups excluding tert-OH is 1. The Morgan fingerprint density at radius 2 is 1.28 bits per heavy atom. The number of hydrogen-bond acceptors (Lipinski definition) is 6. The van der Waals surface area contributed by atoms with Crippen LogP contribution >= 0.6 is 11.6 Å². The molecule has 5 rings (SSSR count). The van der Waals surface area contributed by atoms with E-state index in [-0.39, 0.29) is 16.1 Å². The zero-order valence-corrected chi connectivity index (χ0v) is 34.1. The van der Waals surface area contributed by atoms with E-state index in [2.05, 4.69) is 21.3 Å². The van der Waals surface area contributed by atoms with Gasteiger partial charge in [0.15, 0.2) is 6.10 Å². The van der Waals surface area contributed by atoms with E-state index in [0.29, 0.717) is 22.4 Å². The summed E-state index contributed by atoms with van der Waals surface area (Å²) in [7, 11) is 1.41. The maximum Gasteiger partial charge on any atom is 0.416 e. The molecule has 4 atom stereocenters. The van der Waals surface area contributed by atoms with E-state index in [4.69, 9.17) is 16.3 Å². The van der Waals surface area contributed by atoms with Gasteiger partial charge in [0.1, 0.15) is 23.4 Å². The van der Waals surface area contributed by atoms with Crippen LogP contribution in [0.5, 0.6) is 5.75 Å². The van der Waals surface area contributed by atoms with Gasteiger partial charge in [0.25, 0.3) is 5.91 Å². The normalized spacial score (nSPS) is 13.6. The molecule has 0 aromatic heterocycles. The Balaban J connectivity index is 1.56. The Hall–Kier alpha value is -6.18. The molecule has 0 saturated carbocycles. The maximum atomic E-state index is 14.6. The first-order chi connectivity index (χ1) is 28.5. The van der Waals surface area contributed by atoms with Crippen molar-refractivity contribution in [2.24, 2.45) is 5.92 Å². The second kappa shape index (κ2) is 19.7. The third-order valence-corrected chi connectivity index (χ3v) is 10.3. The lowest BCUT2D eigenvalue weighted by molar-refractivity contribution is -0.215. The van der Waals surface area contributed by atoms with Crippen molar-refractivity contribution >= 4 is 35.2 Å². The van der Waals surface area contributed by atoms with Crippen molar-refractivity contribution in [3.63, 3.8) is 0 Å². The standard InChI is InChI=1S/C46H46ClF3N4O6/c1-28(2)39(41(56)46(48,49)50)52-44(59)40(30-20-24-36(60-4)25-21-30)53-43(58)37(51-42(57)31-12-11-17-35(47)26-31)27-38(55)54-45(32-13-7-5-8-14-32,33-15-9-6-10-16-33)34-22-18-29(3)19-23-34/h5-26,28,37,39-41,56H,27H2,1-4H3,(H,51,57)(H,52,59)(H,53,58)(H,54,55). The van der Waals surface area contributed by atoms with Gasteiger partial charge in [-0.3, -0.25) is 19.2 Å². The number of nitrogens with one attached hydrogen (secondary N) is 4. The van der Waals surface area contributed by atoms with Crippen LogP contribution in [0, 0.1) is 12.8 Å². The molecule has 60 heavy (non-hydrogen) atoms. The topological polar surface area (TPSA) is 146 Å². The number of carbonyl (C=O) groups excluding carboxylic acids is 4. The average Bonchev–Trinajstić information content (AvgIpc) is 3.23. The number of benzene rings is 5. The highest BCUT2D eigenvalue weighted by molar-refractivity contribution is 6.31. The zero-order chi connectivity index (χ0) is 43.6. The van der Waals surface area contributed by atoms with Gasteiger partial charge in [-0.2, -0.15) is 13.2 Å². The number of amides is 4. The Labute approximate surface area is 351 Å². The molecule has 14 heteroatoms. The zero-order valence-electron chi connectivity index (χ0n) is 33.3. The number of aryl methyl sites for hydroxylation is 1. The molecular formula is C46H46ClF3N4O6. The smallest absolute Gasteiger partial charge is 0.416 e. The van der Waals surface area contributed by atoms with Crippen LogP contribution in [0.4, 0.5) is 13.2 Å². The third kappa shape index (κ3) is 10.9. The van der Waals surface area contributed by atoms with Crippen LogP contribution in [0.1, 0.15) is 64.5 Å². The van der Waals surface area contributed by atoms with Crippen LogP contribution in [0.2, 0.25) is 5.02 Å². The minimum atomic E-state index is -5.07. The molecule has 10 nitrogen and oxygen atoms in total. The summed E-state index contributed by atoms with van der Waals surface area (Å²) in [6.45, 7) is 4.71. The number of rotatable bonds is 16. The maximum absolute atomic E-state index is 14.6. The van der Waals surface area contributed by atoms with Gasteiger partial charge in [-0.25, -0.2) is 0 Å². The number of aliphatic hydroxyl groups is 1. The molecule has 0 aliphatic carbocycles. The largest absolute Gasteiger partial charge is 0.497 e. The first kappa shape index (κ1) is 44.9. The van der Waals surface area contributed by atoms with Crippen molar-refractivity contribution < 1.29 is 42.2 Å². The molecule has 5 N–H and O–H groups in total. The molecule has 0 heterocycles. The molecular weight excluding hydrogens is 797 g/mol. The second-order valence-corrected chi connectivity index (χ2v) is 15.1. The summed E-state index contributed by atoms with van der Waals surface area (Å²) in [6, 6.07) is 32.6. The van der Waals surface area contributed by atoms with E-state index in [0.717, 1.165) is 5.56 Å². The summed E-state index contributed by atoms with van der Waals surface area (Å²) in [5, 5.41) is 21.0. The molecule has 4 unspecified atom stereocenters. The van der Waals surface area contributed by atoms with E-state index in [9.17, 15) is 37.5 Å². The van der Waals surface area contributed by atoms with Gasteiger partial charge in [-0.15, -0.1) is 0 Å². The number of hydrogen-bond donors (Lipinski definition) is 5. The highest BCUT2D eigenvalue weighted by atomic mass is 35.5. The van der Waals surface area contributed by atoms with E-state index < -0.39 is 71.9 Å². The van der Waals surface area contributed by atoms with E-state index in [1.807, 2.05) is 91.9 Å². The third-order valence-electron chi connectivity index (χ3n) is 10.0. The van der Waals surface area contributed by atoms with Crippen LogP contribution in [-0.2, 0) is 19.9 Å². The second-order valence-electron chi connectivity index (χ2n) is 14.6. The summed E-state index contributed by atoms with van der Waals surface area (Å²) in [4.78, 5) is 56.8. The van der Waals surface area contributed by atoms with Crippen LogP contribution in [0.3, 0.4) is 0 Å². The lowest BCUT2D eigenvalue weighted by Crippen LogP contribution is -2.57. The molecule has 5 aromatic carbocycles. The predicted octanol–water partition coefficient (Wildman–Crippen LogP) is 7.18.